The van der Waals surface area contributed by atoms with E-state index >= 15 is 0 Å². The standard InChI is InChI=1S/C20H17ClN4O2S/c21-16-7-2-1-6-15(16)17-12-28-20(23-17)24-19(27)13-9-18(26)25(10-13)11-14-5-3-4-8-22-14/h1-8,12-13H,9-11H2,(H,23,24,27). The van der Waals surface area contributed by atoms with Crippen molar-refractivity contribution in [2.24, 2.45) is 5.92 Å². The van der Waals surface area contributed by atoms with Crippen molar-refractivity contribution in [1.82, 2.24) is 14.9 Å². The summed E-state index contributed by atoms with van der Waals surface area (Å²) in [6.45, 7) is 0.793. The highest BCUT2D eigenvalue weighted by Crippen LogP contribution is 2.31. The first kappa shape index (κ1) is 18.6. The third-order valence-corrected chi connectivity index (χ3v) is 5.64. The zero-order chi connectivity index (χ0) is 19.5. The first-order valence-electron chi connectivity index (χ1n) is 8.79. The van der Waals surface area contributed by atoms with E-state index in [1.807, 2.05) is 41.8 Å². The van der Waals surface area contributed by atoms with E-state index in [4.69, 9.17) is 11.6 Å². The minimum absolute atomic E-state index is 0.0401. The van der Waals surface area contributed by atoms with E-state index in [9.17, 15) is 9.59 Å². The number of nitrogens with one attached hydrogen (secondary N) is 1. The van der Waals surface area contributed by atoms with Crippen LogP contribution in [0.25, 0.3) is 11.3 Å². The van der Waals surface area contributed by atoms with E-state index in [1.54, 1.807) is 17.2 Å². The van der Waals surface area contributed by atoms with Gasteiger partial charge in [0, 0.05) is 35.1 Å². The van der Waals surface area contributed by atoms with E-state index in [-0.39, 0.29) is 18.2 Å². The molecule has 3 aromatic rings. The molecule has 0 aliphatic carbocycles. The lowest BCUT2D eigenvalue weighted by molar-refractivity contribution is -0.128. The molecule has 0 bridgehead atoms. The van der Waals surface area contributed by atoms with Gasteiger partial charge in [-0.2, -0.15) is 0 Å². The number of rotatable bonds is 5. The fourth-order valence-electron chi connectivity index (χ4n) is 3.12. The predicted octanol–water partition coefficient (Wildman–Crippen LogP) is 3.85. The molecular weight excluding hydrogens is 396 g/mol. The van der Waals surface area contributed by atoms with Crippen molar-refractivity contribution in [2.75, 3.05) is 11.9 Å². The van der Waals surface area contributed by atoms with Crippen molar-refractivity contribution in [1.29, 1.82) is 0 Å². The number of anilines is 1. The third-order valence-electron chi connectivity index (χ3n) is 4.55. The Balaban J connectivity index is 1.39. The maximum atomic E-state index is 12.6. The van der Waals surface area contributed by atoms with Crippen molar-refractivity contribution in [3.63, 3.8) is 0 Å². The second-order valence-electron chi connectivity index (χ2n) is 6.50. The Morgan fingerprint density at radius 3 is 2.86 bits per heavy atom. The fourth-order valence-corrected chi connectivity index (χ4v) is 4.07. The van der Waals surface area contributed by atoms with Crippen LogP contribution < -0.4 is 5.32 Å². The lowest BCUT2D eigenvalue weighted by Crippen LogP contribution is -2.28. The van der Waals surface area contributed by atoms with Gasteiger partial charge in [-0.15, -0.1) is 11.3 Å². The lowest BCUT2D eigenvalue weighted by atomic mass is 10.1. The summed E-state index contributed by atoms with van der Waals surface area (Å²) in [7, 11) is 0. The molecule has 3 heterocycles. The van der Waals surface area contributed by atoms with Crippen LogP contribution in [0.4, 0.5) is 5.13 Å². The summed E-state index contributed by atoms with van der Waals surface area (Å²) in [5.74, 6) is -0.637. The van der Waals surface area contributed by atoms with Gasteiger partial charge in [0.1, 0.15) is 0 Å². The Morgan fingerprint density at radius 2 is 2.07 bits per heavy atom. The molecule has 1 aliphatic rings. The number of likely N-dealkylation sites (tertiary alicyclic amines) is 1. The van der Waals surface area contributed by atoms with Crippen LogP contribution in [-0.4, -0.2) is 33.2 Å². The number of amides is 2. The summed E-state index contributed by atoms with van der Waals surface area (Å²) < 4.78 is 0. The molecule has 1 fully saturated rings. The van der Waals surface area contributed by atoms with Gasteiger partial charge in [-0.3, -0.25) is 14.6 Å². The van der Waals surface area contributed by atoms with Crippen LogP contribution in [0.3, 0.4) is 0 Å². The molecule has 4 rings (SSSR count). The Morgan fingerprint density at radius 1 is 1.25 bits per heavy atom. The summed E-state index contributed by atoms with van der Waals surface area (Å²) in [6, 6.07) is 13.0. The Labute approximate surface area is 171 Å². The number of pyridine rings is 1. The lowest BCUT2D eigenvalue weighted by Gasteiger charge is -2.15. The van der Waals surface area contributed by atoms with Crippen LogP contribution in [0.5, 0.6) is 0 Å². The fraction of sp³-hybridized carbons (Fsp3) is 0.200. The van der Waals surface area contributed by atoms with Gasteiger partial charge in [0.15, 0.2) is 5.13 Å². The van der Waals surface area contributed by atoms with E-state index in [1.165, 1.54) is 11.3 Å². The molecule has 2 aromatic heterocycles. The minimum Gasteiger partial charge on any atom is -0.336 e. The van der Waals surface area contributed by atoms with Gasteiger partial charge in [0.2, 0.25) is 11.8 Å². The largest absolute Gasteiger partial charge is 0.336 e. The highest BCUT2D eigenvalue weighted by Gasteiger charge is 2.34. The maximum Gasteiger partial charge on any atom is 0.231 e. The normalized spacial score (nSPS) is 16.4. The number of hydrogen-bond acceptors (Lipinski definition) is 5. The summed E-state index contributed by atoms with van der Waals surface area (Å²) >= 11 is 7.54. The third kappa shape index (κ3) is 4.05. The summed E-state index contributed by atoms with van der Waals surface area (Å²) in [6.07, 6.45) is 1.89. The number of hydrogen-bond donors (Lipinski definition) is 1. The second kappa shape index (κ2) is 8.08. The van der Waals surface area contributed by atoms with Gasteiger partial charge in [-0.05, 0) is 18.2 Å². The van der Waals surface area contributed by atoms with E-state index in [0.29, 0.717) is 28.9 Å². The molecule has 28 heavy (non-hydrogen) atoms. The Hall–Kier alpha value is -2.77. The SMILES string of the molecule is O=C(Nc1nc(-c2ccccc2Cl)cs1)C1CC(=O)N(Cc2ccccn2)C1. The van der Waals surface area contributed by atoms with Crippen molar-refractivity contribution in [3.05, 3.63) is 64.8 Å². The van der Waals surface area contributed by atoms with Gasteiger partial charge >= 0.3 is 0 Å². The van der Waals surface area contributed by atoms with Gasteiger partial charge in [-0.25, -0.2) is 4.98 Å². The molecule has 1 N–H and O–H groups in total. The maximum absolute atomic E-state index is 12.6. The van der Waals surface area contributed by atoms with Crippen molar-refractivity contribution in [3.8, 4) is 11.3 Å². The minimum atomic E-state index is -0.399. The molecule has 0 spiro atoms. The number of carbonyl (C=O) groups is 2. The number of carbonyl (C=O) groups excluding carboxylic acids is 2. The Kier molecular flexibility index (Phi) is 5.36. The van der Waals surface area contributed by atoms with Gasteiger partial charge in [-0.1, -0.05) is 35.9 Å². The monoisotopic (exact) mass is 412 g/mol. The van der Waals surface area contributed by atoms with Gasteiger partial charge in [0.05, 0.1) is 23.9 Å². The van der Waals surface area contributed by atoms with Crippen LogP contribution >= 0.6 is 22.9 Å². The Bertz CT molecular complexity index is 1010. The van der Waals surface area contributed by atoms with Crippen molar-refractivity contribution in [2.45, 2.75) is 13.0 Å². The molecule has 1 saturated heterocycles. The van der Waals surface area contributed by atoms with E-state index in [0.717, 1.165) is 11.3 Å². The highest BCUT2D eigenvalue weighted by atomic mass is 35.5. The van der Waals surface area contributed by atoms with Crippen LogP contribution in [0.15, 0.2) is 54.0 Å². The number of halogens is 1. The molecule has 1 atom stereocenters. The summed E-state index contributed by atoms with van der Waals surface area (Å²) in [5, 5.41) is 5.78. The number of nitrogens with zero attached hydrogens (tertiary/aromatic N) is 3. The average Bonchev–Trinajstić information content (AvgIpc) is 3.30. The quantitative estimate of drug-likeness (QED) is 0.690. The molecular formula is C20H17ClN4O2S. The zero-order valence-electron chi connectivity index (χ0n) is 14.8. The predicted molar refractivity (Wildman–Crippen MR) is 109 cm³/mol. The van der Waals surface area contributed by atoms with Crippen LogP contribution in [0.1, 0.15) is 12.1 Å². The van der Waals surface area contributed by atoms with E-state index < -0.39 is 5.92 Å². The highest BCUT2D eigenvalue weighted by molar-refractivity contribution is 7.14. The van der Waals surface area contributed by atoms with Crippen molar-refractivity contribution < 1.29 is 9.59 Å². The number of aromatic nitrogens is 2. The molecule has 8 heteroatoms. The smallest absolute Gasteiger partial charge is 0.231 e. The number of benzene rings is 1. The summed E-state index contributed by atoms with van der Waals surface area (Å²) in [4.78, 5) is 35.2. The topological polar surface area (TPSA) is 75.2 Å². The van der Waals surface area contributed by atoms with Crippen LogP contribution in [0, 0.1) is 5.92 Å². The summed E-state index contributed by atoms with van der Waals surface area (Å²) in [5.41, 5.74) is 2.34. The average molecular weight is 413 g/mol. The van der Waals surface area contributed by atoms with Crippen LogP contribution in [0.2, 0.25) is 5.02 Å². The van der Waals surface area contributed by atoms with Gasteiger partial charge in [0.25, 0.3) is 0 Å². The van der Waals surface area contributed by atoms with Crippen LogP contribution in [-0.2, 0) is 16.1 Å². The molecule has 0 saturated carbocycles. The molecule has 1 unspecified atom stereocenters. The van der Waals surface area contributed by atoms with E-state index in [2.05, 4.69) is 15.3 Å². The second-order valence-corrected chi connectivity index (χ2v) is 7.77. The molecule has 1 aromatic carbocycles. The molecule has 1 aliphatic heterocycles. The van der Waals surface area contributed by atoms with Crippen molar-refractivity contribution >= 4 is 39.9 Å². The molecule has 0 radical (unpaired) electrons. The molecule has 142 valence electrons. The first-order valence-corrected chi connectivity index (χ1v) is 10.0. The zero-order valence-corrected chi connectivity index (χ0v) is 16.4. The first-order chi connectivity index (χ1) is 13.6. The number of thiazole rings is 1. The molecule has 6 nitrogen and oxygen atoms in total. The van der Waals surface area contributed by atoms with Gasteiger partial charge < -0.3 is 10.2 Å². The molecule has 2 amide bonds.